The molecular weight excluding hydrogens is 276 g/mol. The van der Waals surface area contributed by atoms with E-state index in [1.54, 1.807) is 19.9 Å². The maximum atomic E-state index is 12.1. The van der Waals surface area contributed by atoms with Crippen LogP contribution in [-0.2, 0) is 6.42 Å². The summed E-state index contributed by atoms with van der Waals surface area (Å²) in [5.41, 5.74) is 0.613. The molecule has 110 valence electrons. The Hall–Kier alpha value is -2.90. The number of benzene rings is 1. The number of carbonyl (C=O) groups excluding carboxylic acids is 1. The summed E-state index contributed by atoms with van der Waals surface area (Å²) in [6, 6.07) is 4.69. The molecule has 0 bridgehead atoms. The highest BCUT2D eigenvalue weighted by Crippen LogP contribution is 2.26. The highest BCUT2D eigenvalue weighted by Gasteiger charge is 2.28. The van der Waals surface area contributed by atoms with Crippen LogP contribution in [0.5, 0.6) is 5.75 Å². The van der Waals surface area contributed by atoms with E-state index >= 15 is 0 Å². The molecule has 0 aliphatic heterocycles. The van der Waals surface area contributed by atoms with Crippen LogP contribution in [0.4, 0.5) is 11.4 Å². The van der Waals surface area contributed by atoms with Gasteiger partial charge in [0, 0.05) is 0 Å². The van der Waals surface area contributed by atoms with E-state index in [0.29, 0.717) is 6.42 Å². The van der Waals surface area contributed by atoms with Gasteiger partial charge in [-0.1, -0.05) is 13.0 Å². The van der Waals surface area contributed by atoms with Crippen LogP contribution in [0.3, 0.4) is 0 Å². The van der Waals surface area contributed by atoms with Crippen molar-refractivity contribution < 1.29 is 14.8 Å². The number of amides is 1. The van der Waals surface area contributed by atoms with Crippen molar-refractivity contribution in [2.24, 2.45) is 0 Å². The van der Waals surface area contributed by atoms with E-state index in [4.69, 9.17) is 0 Å². The molecule has 0 aliphatic rings. The van der Waals surface area contributed by atoms with Gasteiger partial charge in [-0.05, 0) is 31.0 Å². The molecule has 0 saturated heterocycles. The molecule has 21 heavy (non-hydrogen) atoms. The highest BCUT2D eigenvalue weighted by atomic mass is 16.6. The molecule has 1 amide bonds. The third-order valence-electron chi connectivity index (χ3n) is 2.97. The van der Waals surface area contributed by atoms with Crippen LogP contribution in [0.25, 0.3) is 0 Å². The number of hydrogen-bond donors (Lipinski definition) is 3. The SMILES string of the molecule is CCc1[nH]nc(C(=O)Nc2ccc(C)cc2O)c1[N+](=O)[O-]. The Balaban J connectivity index is 2.33. The average Bonchev–Trinajstić information content (AvgIpc) is 2.86. The van der Waals surface area contributed by atoms with Gasteiger partial charge in [-0.15, -0.1) is 0 Å². The highest BCUT2D eigenvalue weighted by molar-refractivity contribution is 6.06. The van der Waals surface area contributed by atoms with Gasteiger partial charge in [0.1, 0.15) is 11.4 Å². The van der Waals surface area contributed by atoms with E-state index < -0.39 is 10.8 Å². The number of rotatable bonds is 4. The molecule has 1 aromatic heterocycles. The van der Waals surface area contributed by atoms with Crippen molar-refractivity contribution in [1.29, 1.82) is 0 Å². The van der Waals surface area contributed by atoms with Gasteiger partial charge in [0.2, 0.25) is 5.69 Å². The Morgan fingerprint density at radius 2 is 2.24 bits per heavy atom. The van der Waals surface area contributed by atoms with Crippen LogP contribution in [-0.4, -0.2) is 26.1 Å². The second-order valence-electron chi connectivity index (χ2n) is 4.48. The number of nitrogens with one attached hydrogen (secondary N) is 2. The average molecular weight is 290 g/mol. The first-order valence-corrected chi connectivity index (χ1v) is 6.26. The molecule has 1 aromatic carbocycles. The summed E-state index contributed by atoms with van der Waals surface area (Å²) in [5.74, 6) is -0.867. The number of hydrogen-bond acceptors (Lipinski definition) is 5. The number of phenolic OH excluding ortho intramolecular Hbond substituents is 1. The lowest BCUT2D eigenvalue weighted by atomic mass is 10.2. The van der Waals surface area contributed by atoms with Crippen molar-refractivity contribution in [3.8, 4) is 5.75 Å². The predicted molar refractivity (Wildman–Crippen MR) is 75.4 cm³/mol. The van der Waals surface area contributed by atoms with Crippen LogP contribution in [0, 0.1) is 17.0 Å². The smallest absolute Gasteiger partial charge is 0.322 e. The van der Waals surface area contributed by atoms with Gasteiger partial charge in [0.15, 0.2) is 0 Å². The number of aromatic hydroxyl groups is 1. The monoisotopic (exact) mass is 290 g/mol. The third-order valence-corrected chi connectivity index (χ3v) is 2.97. The first-order chi connectivity index (χ1) is 9.93. The topological polar surface area (TPSA) is 121 Å². The molecule has 8 heteroatoms. The number of nitro groups is 1. The maximum absolute atomic E-state index is 12.1. The van der Waals surface area contributed by atoms with E-state index in [1.807, 2.05) is 0 Å². The lowest BCUT2D eigenvalue weighted by Gasteiger charge is -2.06. The van der Waals surface area contributed by atoms with Gasteiger partial charge in [-0.2, -0.15) is 5.10 Å². The van der Waals surface area contributed by atoms with Crippen LogP contribution in [0.15, 0.2) is 18.2 Å². The number of aromatic amines is 1. The third kappa shape index (κ3) is 2.83. The number of phenols is 1. The Labute approximate surface area is 120 Å². The summed E-state index contributed by atoms with van der Waals surface area (Å²) < 4.78 is 0. The molecule has 0 radical (unpaired) electrons. The summed E-state index contributed by atoms with van der Waals surface area (Å²) in [6.45, 7) is 3.51. The minimum Gasteiger partial charge on any atom is -0.506 e. The Morgan fingerprint density at radius 3 is 2.81 bits per heavy atom. The van der Waals surface area contributed by atoms with Crippen molar-refractivity contribution >= 4 is 17.3 Å². The molecule has 0 atom stereocenters. The van der Waals surface area contributed by atoms with Crippen molar-refractivity contribution in [3.63, 3.8) is 0 Å². The summed E-state index contributed by atoms with van der Waals surface area (Å²) in [7, 11) is 0. The minimum absolute atomic E-state index is 0.114. The van der Waals surface area contributed by atoms with Crippen LogP contribution in [0.1, 0.15) is 28.7 Å². The normalized spacial score (nSPS) is 10.4. The predicted octanol–water partition coefficient (Wildman–Crippen LogP) is 2.15. The van der Waals surface area contributed by atoms with E-state index in [2.05, 4.69) is 15.5 Å². The number of aryl methyl sites for hydroxylation is 2. The summed E-state index contributed by atoms with van der Waals surface area (Å²) in [4.78, 5) is 22.5. The molecule has 0 unspecified atom stereocenters. The molecule has 8 nitrogen and oxygen atoms in total. The molecule has 2 rings (SSSR count). The van der Waals surface area contributed by atoms with Gasteiger partial charge in [0.25, 0.3) is 5.91 Å². The van der Waals surface area contributed by atoms with Crippen molar-refractivity contribution in [3.05, 3.63) is 45.3 Å². The Morgan fingerprint density at radius 1 is 1.52 bits per heavy atom. The minimum atomic E-state index is -0.753. The number of nitrogens with zero attached hydrogens (tertiary/aromatic N) is 2. The molecule has 0 saturated carbocycles. The van der Waals surface area contributed by atoms with Crippen LogP contribution >= 0.6 is 0 Å². The van der Waals surface area contributed by atoms with E-state index in [9.17, 15) is 20.0 Å². The largest absolute Gasteiger partial charge is 0.506 e. The molecule has 2 aromatic rings. The molecular formula is C13H14N4O4. The molecule has 1 heterocycles. The summed E-state index contributed by atoms with van der Waals surface area (Å²) in [6.07, 6.45) is 0.354. The molecule has 0 aliphatic carbocycles. The first-order valence-electron chi connectivity index (χ1n) is 6.26. The summed E-state index contributed by atoms with van der Waals surface area (Å²) >= 11 is 0. The maximum Gasteiger partial charge on any atom is 0.322 e. The molecule has 0 spiro atoms. The standard InChI is InChI=1S/C13H14N4O4/c1-3-8-12(17(20)21)11(16-15-8)13(19)14-9-5-4-7(2)6-10(9)18/h4-6,18H,3H2,1-2H3,(H,14,19)(H,15,16). The van der Waals surface area contributed by atoms with Crippen molar-refractivity contribution in [2.45, 2.75) is 20.3 Å². The van der Waals surface area contributed by atoms with Gasteiger partial charge in [-0.3, -0.25) is 20.0 Å². The van der Waals surface area contributed by atoms with Crippen LogP contribution < -0.4 is 5.32 Å². The Kier molecular flexibility index (Phi) is 3.88. The lowest BCUT2D eigenvalue weighted by molar-refractivity contribution is -0.385. The fourth-order valence-corrected chi connectivity index (χ4v) is 1.90. The number of H-pyrrole nitrogens is 1. The van der Waals surface area contributed by atoms with Gasteiger partial charge < -0.3 is 10.4 Å². The fourth-order valence-electron chi connectivity index (χ4n) is 1.90. The second kappa shape index (κ2) is 5.61. The van der Waals surface area contributed by atoms with Crippen molar-refractivity contribution in [2.75, 3.05) is 5.32 Å². The number of anilines is 1. The Bertz CT molecular complexity index is 708. The number of carbonyl (C=O) groups is 1. The zero-order valence-corrected chi connectivity index (χ0v) is 11.5. The molecule has 0 fully saturated rings. The van der Waals surface area contributed by atoms with E-state index in [-0.39, 0.29) is 28.5 Å². The quantitative estimate of drug-likeness (QED) is 0.452. The summed E-state index contributed by atoms with van der Waals surface area (Å²) in [5, 5.41) is 29.4. The fraction of sp³-hybridized carbons (Fsp3) is 0.231. The van der Waals surface area contributed by atoms with Crippen molar-refractivity contribution in [1.82, 2.24) is 10.2 Å². The second-order valence-corrected chi connectivity index (χ2v) is 4.48. The van der Waals surface area contributed by atoms with Crippen LogP contribution in [0.2, 0.25) is 0 Å². The zero-order valence-electron chi connectivity index (χ0n) is 11.5. The first kappa shape index (κ1) is 14.5. The zero-order chi connectivity index (χ0) is 15.6. The molecule has 3 N–H and O–H groups in total. The van der Waals surface area contributed by atoms with E-state index in [1.165, 1.54) is 12.1 Å². The van der Waals surface area contributed by atoms with E-state index in [0.717, 1.165) is 5.56 Å². The number of aromatic nitrogens is 2. The lowest BCUT2D eigenvalue weighted by Crippen LogP contribution is -2.14. The van der Waals surface area contributed by atoms with Gasteiger partial charge in [0.05, 0.1) is 10.6 Å². The van der Waals surface area contributed by atoms with Gasteiger partial charge >= 0.3 is 5.69 Å². The van der Waals surface area contributed by atoms with Gasteiger partial charge in [-0.25, -0.2) is 0 Å².